The summed E-state index contributed by atoms with van der Waals surface area (Å²) in [6, 6.07) is 1.93. The Bertz CT molecular complexity index is 660. The van der Waals surface area contributed by atoms with E-state index in [9.17, 15) is 4.79 Å². The maximum Gasteiger partial charge on any atom is 0.252 e. The number of carbonyl (C=O) groups is 1. The van der Waals surface area contributed by atoms with Gasteiger partial charge in [0.1, 0.15) is 11.9 Å². The van der Waals surface area contributed by atoms with E-state index in [2.05, 4.69) is 14.6 Å². The van der Waals surface area contributed by atoms with Gasteiger partial charge in [-0.2, -0.15) is 5.10 Å². The summed E-state index contributed by atoms with van der Waals surface area (Å²) < 4.78 is 9.66. The van der Waals surface area contributed by atoms with Crippen molar-refractivity contribution in [2.24, 2.45) is 5.92 Å². The lowest BCUT2D eigenvalue weighted by Crippen LogP contribution is -2.41. The van der Waals surface area contributed by atoms with Gasteiger partial charge in [0, 0.05) is 56.9 Å². The molecule has 23 heavy (non-hydrogen) atoms. The maximum absolute atomic E-state index is 12.8. The summed E-state index contributed by atoms with van der Waals surface area (Å²) in [6.45, 7) is 3.60. The highest BCUT2D eigenvalue weighted by molar-refractivity contribution is 5.81. The number of rotatable bonds is 3. The van der Waals surface area contributed by atoms with E-state index in [1.807, 2.05) is 28.0 Å². The number of hydrogen-bond acceptors (Lipinski definition) is 4. The van der Waals surface area contributed by atoms with Crippen LogP contribution in [0.2, 0.25) is 0 Å². The third kappa shape index (κ3) is 3.01. The topological polar surface area (TPSA) is 65.2 Å². The number of ether oxygens (including phenoxy) is 1. The first kappa shape index (κ1) is 14.4. The van der Waals surface area contributed by atoms with Crippen molar-refractivity contribution < 1.29 is 9.53 Å². The van der Waals surface area contributed by atoms with Gasteiger partial charge in [0.05, 0.1) is 6.54 Å². The van der Waals surface area contributed by atoms with Crippen LogP contribution < -0.4 is 0 Å². The van der Waals surface area contributed by atoms with Gasteiger partial charge in [-0.05, 0) is 18.9 Å². The second-order valence-electron chi connectivity index (χ2n) is 6.31. The number of nitrogens with zero attached hydrogens (tertiary/aromatic N) is 5. The molecule has 2 aromatic heterocycles. The van der Waals surface area contributed by atoms with Crippen molar-refractivity contribution >= 4 is 5.91 Å². The van der Waals surface area contributed by atoms with Crippen LogP contribution in [0.4, 0.5) is 0 Å². The summed E-state index contributed by atoms with van der Waals surface area (Å²) in [6.07, 6.45) is 9.07. The average Bonchev–Trinajstić information content (AvgIpc) is 3.28. The van der Waals surface area contributed by atoms with Crippen LogP contribution in [0.15, 0.2) is 30.9 Å². The van der Waals surface area contributed by atoms with Gasteiger partial charge in [0.2, 0.25) is 0 Å². The molecule has 0 bridgehead atoms. The van der Waals surface area contributed by atoms with Gasteiger partial charge >= 0.3 is 0 Å². The molecule has 0 spiro atoms. The molecule has 2 atom stereocenters. The van der Waals surface area contributed by atoms with Crippen LogP contribution in [-0.4, -0.2) is 49.4 Å². The number of fused-ring (bicyclic) bond motifs is 1. The predicted octanol–water partition coefficient (Wildman–Crippen LogP) is 0.917. The fourth-order valence-electron chi connectivity index (χ4n) is 3.47. The Morgan fingerprint density at radius 2 is 2.26 bits per heavy atom. The van der Waals surface area contributed by atoms with E-state index < -0.39 is 0 Å². The molecule has 0 aromatic carbocycles. The van der Waals surface area contributed by atoms with Crippen LogP contribution in [0, 0.1) is 5.92 Å². The van der Waals surface area contributed by atoms with E-state index in [0.29, 0.717) is 25.6 Å². The molecule has 7 heteroatoms. The number of imidazole rings is 1. The van der Waals surface area contributed by atoms with Crippen molar-refractivity contribution in [3.8, 4) is 0 Å². The summed E-state index contributed by atoms with van der Waals surface area (Å²) in [5.74, 6) is 1.35. The molecular formula is C16H21N5O2. The highest BCUT2D eigenvalue weighted by Crippen LogP contribution is 2.21. The van der Waals surface area contributed by atoms with Crippen molar-refractivity contribution in [1.29, 1.82) is 0 Å². The van der Waals surface area contributed by atoms with Gasteiger partial charge in [-0.15, -0.1) is 0 Å². The Morgan fingerprint density at radius 3 is 3.04 bits per heavy atom. The molecule has 1 fully saturated rings. The van der Waals surface area contributed by atoms with Crippen molar-refractivity contribution in [2.75, 3.05) is 13.2 Å². The fraction of sp³-hybridized carbons (Fsp3) is 0.562. The largest absolute Gasteiger partial charge is 0.368 e. The van der Waals surface area contributed by atoms with E-state index in [1.165, 1.54) is 0 Å². The molecule has 2 aliphatic heterocycles. The minimum Gasteiger partial charge on any atom is -0.368 e. The van der Waals surface area contributed by atoms with E-state index in [0.717, 1.165) is 31.8 Å². The lowest BCUT2D eigenvalue weighted by Gasteiger charge is -2.26. The molecule has 4 rings (SSSR count). The van der Waals surface area contributed by atoms with Crippen LogP contribution in [0.3, 0.4) is 0 Å². The third-order valence-corrected chi connectivity index (χ3v) is 4.59. The summed E-state index contributed by atoms with van der Waals surface area (Å²) in [5, 5.41) is 4.30. The summed E-state index contributed by atoms with van der Waals surface area (Å²) in [7, 11) is 0. The highest BCUT2D eigenvalue weighted by atomic mass is 16.5. The number of hydrogen-bond donors (Lipinski definition) is 0. The lowest BCUT2D eigenvalue weighted by atomic mass is 10.1. The highest BCUT2D eigenvalue weighted by Gasteiger charge is 2.32. The Balaban J connectivity index is 1.55. The molecule has 2 aliphatic rings. The van der Waals surface area contributed by atoms with Gasteiger partial charge in [-0.1, -0.05) is 0 Å². The van der Waals surface area contributed by atoms with Gasteiger partial charge in [0.25, 0.3) is 5.91 Å². The normalized spacial score (nSPS) is 24.4. The summed E-state index contributed by atoms with van der Waals surface area (Å²) in [4.78, 5) is 19.1. The minimum atomic E-state index is -0.276. The monoisotopic (exact) mass is 315 g/mol. The minimum absolute atomic E-state index is 0.101. The SMILES string of the molecule is O=C([C@H]1CCCO1)N1Cc2nccn2C[C@H](Cn2cccn2)C1. The molecule has 0 unspecified atom stereocenters. The Kier molecular flexibility index (Phi) is 3.87. The van der Waals surface area contributed by atoms with E-state index >= 15 is 0 Å². The Hall–Kier alpha value is -2.15. The van der Waals surface area contributed by atoms with Gasteiger partial charge < -0.3 is 14.2 Å². The van der Waals surface area contributed by atoms with Crippen LogP contribution in [0.1, 0.15) is 18.7 Å². The summed E-state index contributed by atoms with van der Waals surface area (Å²) in [5.41, 5.74) is 0. The molecule has 0 N–H and O–H groups in total. The van der Waals surface area contributed by atoms with Crippen molar-refractivity contribution in [2.45, 2.75) is 38.6 Å². The van der Waals surface area contributed by atoms with Gasteiger partial charge in [0.15, 0.2) is 0 Å². The standard InChI is InChI=1S/C16H21N5O2/c22-16(14-3-1-8-23-14)20-10-13(11-21-6-2-4-18-21)9-19-7-5-17-15(19)12-20/h2,4-7,13-14H,1,3,8-12H2/t13-,14+/m0/s1. The first-order chi connectivity index (χ1) is 11.3. The third-order valence-electron chi connectivity index (χ3n) is 4.59. The van der Waals surface area contributed by atoms with Gasteiger partial charge in [-0.3, -0.25) is 9.48 Å². The quantitative estimate of drug-likeness (QED) is 0.845. The number of aromatic nitrogens is 4. The second kappa shape index (κ2) is 6.16. The zero-order chi connectivity index (χ0) is 15.6. The van der Waals surface area contributed by atoms with Crippen LogP contribution >= 0.6 is 0 Å². The van der Waals surface area contributed by atoms with Crippen molar-refractivity contribution in [3.63, 3.8) is 0 Å². The molecule has 7 nitrogen and oxygen atoms in total. The Morgan fingerprint density at radius 1 is 1.30 bits per heavy atom. The molecular weight excluding hydrogens is 294 g/mol. The molecule has 1 saturated heterocycles. The Labute approximate surface area is 134 Å². The van der Waals surface area contributed by atoms with Crippen LogP contribution in [0.25, 0.3) is 0 Å². The first-order valence-corrected chi connectivity index (χ1v) is 8.17. The zero-order valence-corrected chi connectivity index (χ0v) is 13.0. The molecule has 0 radical (unpaired) electrons. The van der Waals surface area contributed by atoms with E-state index in [4.69, 9.17) is 4.74 Å². The zero-order valence-electron chi connectivity index (χ0n) is 13.0. The second-order valence-corrected chi connectivity index (χ2v) is 6.31. The van der Waals surface area contributed by atoms with E-state index in [-0.39, 0.29) is 12.0 Å². The maximum atomic E-state index is 12.8. The fourth-order valence-corrected chi connectivity index (χ4v) is 3.47. The van der Waals surface area contributed by atoms with Gasteiger partial charge in [-0.25, -0.2) is 4.98 Å². The van der Waals surface area contributed by atoms with Crippen LogP contribution in [0.5, 0.6) is 0 Å². The molecule has 122 valence electrons. The van der Waals surface area contributed by atoms with E-state index in [1.54, 1.807) is 12.4 Å². The van der Waals surface area contributed by atoms with Crippen LogP contribution in [-0.2, 0) is 29.2 Å². The molecule has 0 aliphatic carbocycles. The first-order valence-electron chi connectivity index (χ1n) is 8.17. The molecule has 1 amide bonds. The average molecular weight is 315 g/mol. The predicted molar refractivity (Wildman–Crippen MR) is 82.3 cm³/mol. The summed E-state index contributed by atoms with van der Waals surface area (Å²) >= 11 is 0. The van der Waals surface area contributed by atoms with Crippen molar-refractivity contribution in [1.82, 2.24) is 24.2 Å². The lowest BCUT2D eigenvalue weighted by molar-refractivity contribution is -0.142. The molecule has 2 aromatic rings. The smallest absolute Gasteiger partial charge is 0.252 e. The molecule has 4 heterocycles. The van der Waals surface area contributed by atoms with Crippen molar-refractivity contribution in [3.05, 3.63) is 36.7 Å². The molecule has 0 saturated carbocycles. The number of carbonyl (C=O) groups excluding carboxylic acids is 1. The number of amides is 1.